The number of fused-ring (bicyclic) bond motifs is 1. The van der Waals surface area contributed by atoms with E-state index in [0.717, 1.165) is 0 Å². The first-order valence-corrected chi connectivity index (χ1v) is 6.89. The van der Waals surface area contributed by atoms with Crippen LogP contribution in [0.5, 0.6) is 0 Å². The summed E-state index contributed by atoms with van der Waals surface area (Å²) in [5.74, 6) is -1.92. The lowest BCUT2D eigenvalue weighted by Gasteiger charge is -2.29. The second-order valence-corrected chi connectivity index (χ2v) is 5.44. The van der Waals surface area contributed by atoms with E-state index in [4.69, 9.17) is 9.05 Å². The first kappa shape index (κ1) is 11.8. The molecule has 18 heavy (non-hydrogen) atoms. The fraction of sp³-hybridized carbons (Fsp3) is 0.167. The molecule has 3 unspecified atom stereocenters. The van der Waals surface area contributed by atoms with Crippen LogP contribution in [0.2, 0.25) is 0 Å². The highest BCUT2D eigenvalue weighted by molar-refractivity contribution is 7.47. The lowest BCUT2D eigenvalue weighted by Crippen LogP contribution is -2.40. The Kier molecular flexibility index (Phi) is 2.55. The molecule has 1 aromatic rings. The van der Waals surface area contributed by atoms with Crippen LogP contribution >= 0.6 is 7.82 Å². The molecule has 1 aliphatic carbocycles. The predicted molar refractivity (Wildman–Crippen MR) is 64.3 cm³/mol. The maximum atomic E-state index is 11.5. The Labute approximate surface area is 104 Å². The second kappa shape index (κ2) is 3.88. The maximum Gasteiger partial charge on any atom is 0.475 e. The Morgan fingerprint density at radius 2 is 2.00 bits per heavy atom. The lowest BCUT2D eigenvalue weighted by molar-refractivity contribution is -0.0929. The Balaban J connectivity index is 2.08. The van der Waals surface area contributed by atoms with Gasteiger partial charge in [0.2, 0.25) is 5.79 Å². The monoisotopic (exact) mass is 266 g/mol. The maximum absolute atomic E-state index is 11.5. The molecule has 2 aliphatic rings. The number of benzene rings is 1. The van der Waals surface area contributed by atoms with Crippen molar-refractivity contribution in [2.45, 2.75) is 11.9 Å². The van der Waals surface area contributed by atoms with Crippen LogP contribution in [-0.4, -0.2) is 21.9 Å². The van der Waals surface area contributed by atoms with Gasteiger partial charge in [0.25, 0.3) is 0 Å². The molecule has 0 saturated carbocycles. The number of phosphoric acid groups is 1. The molecule has 94 valence electrons. The minimum absolute atomic E-state index is 0.405. The molecule has 1 aromatic carbocycles. The lowest BCUT2D eigenvalue weighted by atomic mass is 9.90. The van der Waals surface area contributed by atoms with Gasteiger partial charge in [0.15, 0.2) is 0 Å². The van der Waals surface area contributed by atoms with Crippen molar-refractivity contribution in [1.82, 2.24) is 0 Å². The fourth-order valence-electron chi connectivity index (χ4n) is 2.13. The van der Waals surface area contributed by atoms with Crippen LogP contribution in [0.15, 0.2) is 48.6 Å². The van der Waals surface area contributed by atoms with Gasteiger partial charge >= 0.3 is 7.82 Å². The minimum Gasteiger partial charge on any atom is -0.359 e. The summed E-state index contributed by atoms with van der Waals surface area (Å²) in [6.07, 6.45) is 3.81. The first-order valence-electron chi connectivity index (χ1n) is 5.40. The van der Waals surface area contributed by atoms with Crippen LogP contribution < -0.4 is 0 Å². The van der Waals surface area contributed by atoms with E-state index in [-0.39, 0.29) is 0 Å². The molecule has 0 radical (unpaired) electrons. The van der Waals surface area contributed by atoms with E-state index in [0.29, 0.717) is 11.1 Å². The highest BCUT2D eigenvalue weighted by Crippen LogP contribution is 2.60. The van der Waals surface area contributed by atoms with E-state index in [1.165, 1.54) is 6.08 Å². The SMILES string of the molecule is O=P1(O)OC2C=CC=C(c3ccccc3)C2(O)O1. The van der Waals surface area contributed by atoms with Gasteiger partial charge in [-0.1, -0.05) is 42.5 Å². The zero-order chi connectivity index (χ0) is 12.8. The average molecular weight is 266 g/mol. The Morgan fingerprint density at radius 1 is 1.28 bits per heavy atom. The van der Waals surface area contributed by atoms with Crippen molar-refractivity contribution in [1.29, 1.82) is 0 Å². The zero-order valence-corrected chi connectivity index (χ0v) is 10.2. The summed E-state index contributed by atoms with van der Waals surface area (Å²) in [6.45, 7) is 0. The van der Waals surface area contributed by atoms with Gasteiger partial charge < -0.3 is 10.00 Å². The first-order chi connectivity index (χ1) is 8.51. The van der Waals surface area contributed by atoms with E-state index >= 15 is 0 Å². The summed E-state index contributed by atoms with van der Waals surface area (Å²) in [5.41, 5.74) is 1.11. The molecule has 5 nitrogen and oxygen atoms in total. The van der Waals surface area contributed by atoms with Crippen molar-refractivity contribution in [3.05, 3.63) is 54.1 Å². The highest BCUT2D eigenvalue weighted by atomic mass is 31.2. The number of allylic oxidation sites excluding steroid dienone is 2. The van der Waals surface area contributed by atoms with Gasteiger partial charge in [-0.2, -0.15) is 0 Å². The molecule has 0 bridgehead atoms. The highest BCUT2D eigenvalue weighted by Gasteiger charge is 2.56. The molecule has 0 spiro atoms. The van der Waals surface area contributed by atoms with Gasteiger partial charge in [0.05, 0.1) is 0 Å². The van der Waals surface area contributed by atoms with E-state index in [1.807, 2.05) is 6.07 Å². The van der Waals surface area contributed by atoms with Gasteiger partial charge in [-0.05, 0) is 11.6 Å². The number of hydrogen-bond donors (Lipinski definition) is 2. The molecular formula is C12H11O5P. The van der Waals surface area contributed by atoms with Crippen molar-refractivity contribution in [3.8, 4) is 0 Å². The topological polar surface area (TPSA) is 76.0 Å². The Bertz CT molecular complexity index is 579. The molecule has 6 heteroatoms. The summed E-state index contributed by atoms with van der Waals surface area (Å²) < 4.78 is 21.1. The average Bonchev–Trinajstić information content (AvgIpc) is 2.58. The normalized spacial score (nSPS) is 38.3. The van der Waals surface area contributed by atoms with Crippen LogP contribution in [0.3, 0.4) is 0 Å². The van der Waals surface area contributed by atoms with Crippen molar-refractivity contribution < 1.29 is 23.6 Å². The predicted octanol–water partition coefficient (Wildman–Crippen LogP) is 1.84. The van der Waals surface area contributed by atoms with Crippen LogP contribution in [0, 0.1) is 0 Å². The van der Waals surface area contributed by atoms with Gasteiger partial charge in [-0.3, -0.25) is 4.52 Å². The summed E-state index contributed by atoms with van der Waals surface area (Å²) in [7, 11) is -4.21. The van der Waals surface area contributed by atoms with Crippen LogP contribution in [0.25, 0.3) is 5.57 Å². The van der Waals surface area contributed by atoms with Gasteiger partial charge in [0, 0.05) is 5.57 Å². The number of rotatable bonds is 1. The van der Waals surface area contributed by atoms with Gasteiger partial charge in [-0.25, -0.2) is 9.09 Å². The van der Waals surface area contributed by atoms with E-state index in [1.54, 1.807) is 36.4 Å². The molecule has 1 saturated heterocycles. The number of aliphatic hydroxyl groups is 1. The number of phosphoric ester groups is 1. The largest absolute Gasteiger partial charge is 0.475 e. The standard InChI is InChI=1S/C12H11O5P/c13-12-10(9-5-2-1-3-6-9)7-4-8-11(12)16-18(14,15)17-12/h1-8,11,13H,(H,14,15). The van der Waals surface area contributed by atoms with Crippen LogP contribution in [0.4, 0.5) is 0 Å². The zero-order valence-electron chi connectivity index (χ0n) is 9.26. The summed E-state index contributed by atoms with van der Waals surface area (Å²) >= 11 is 0. The molecule has 3 rings (SSSR count). The van der Waals surface area contributed by atoms with Crippen LogP contribution in [0.1, 0.15) is 5.56 Å². The van der Waals surface area contributed by atoms with Crippen molar-refractivity contribution in [2.75, 3.05) is 0 Å². The third kappa shape index (κ3) is 1.77. The Hall–Kier alpha value is -1.23. The van der Waals surface area contributed by atoms with E-state index in [2.05, 4.69) is 0 Å². The molecule has 1 aliphatic heterocycles. The van der Waals surface area contributed by atoms with E-state index in [9.17, 15) is 14.6 Å². The second-order valence-electron chi connectivity index (χ2n) is 4.11. The Morgan fingerprint density at radius 3 is 2.72 bits per heavy atom. The third-order valence-electron chi connectivity index (χ3n) is 2.91. The minimum atomic E-state index is -4.21. The molecule has 3 atom stereocenters. The number of hydrogen-bond acceptors (Lipinski definition) is 4. The van der Waals surface area contributed by atoms with Crippen molar-refractivity contribution in [3.63, 3.8) is 0 Å². The van der Waals surface area contributed by atoms with Crippen molar-refractivity contribution in [2.24, 2.45) is 0 Å². The smallest absolute Gasteiger partial charge is 0.359 e. The molecule has 0 aromatic heterocycles. The molecule has 2 N–H and O–H groups in total. The van der Waals surface area contributed by atoms with Crippen molar-refractivity contribution >= 4 is 13.4 Å². The summed E-state index contributed by atoms with van der Waals surface area (Å²) in [5, 5.41) is 10.5. The van der Waals surface area contributed by atoms with Crippen LogP contribution in [-0.2, 0) is 13.6 Å². The quantitative estimate of drug-likeness (QED) is 0.758. The third-order valence-corrected chi connectivity index (χ3v) is 3.91. The van der Waals surface area contributed by atoms with E-state index < -0.39 is 19.7 Å². The van der Waals surface area contributed by atoms with Gasteiger partial charge in [-0.15, -0.1) is 0 Å². The van der Waals surface area contributed by atoms with Gasteiger partial charge in [0.1, 0.15) is 6.10 Å². The molecule has 1 heterocycles. The molecule has 0 amide bonds. The summed E-state index contributed by atoms with van der Waals surface area (Å²) in [4.78, 5) is 9.35. The fourth-order valence-corrected chi connectivity index (χ4v) is 3.22. The summed E-state index contributed by atoms with van der Waals surface area (Å²) in [6, 6.07) is 9.02. The molecule has 1 fully saturated rings. The molecular weight excluding hydrogens is 255 g/mol.